The van der Waals surface area contributed by atoms with E-state index in [0.29, 0.717) is 13.2 Å². The van der Waals surface area contributed by atoms with Crippen molar-refractivity contribution in [3.63, 3.8) is 0 Å². The minimum atomic E-state index is 0.0621. The van der Waals surface area contributed by atoms with Crippen LogP contribution in [0.3, 0.4) is 0 Å². The molecule has 0 bridgehead atoms. The third-order valence-electron chi connectivity index (χ3n) is 3.60. The second kappa shape index (κ2) is 8.98. The molecule has 1 fully saturated rings. The maximum Gasteiger partial charge on any atom is 0.107 e. The number of hydrogen-bond acceptors (Lipinski definition) is 4. The number of likely N-dealkylation sites (tertiary alicyclic amines) is 1. The summed E-state index contributed by atoms with van der Waals surface area (Å²) in [5, 5.41) is 3.39. The Kier molecular flexibility index (Phi) is 8.03. The molecule has 2 unspecified atom stereocenters. The van der Waals surface area contributed by atoms with Gasteiger partial charge in [0, 0.05) is 18.6 Å². The van der Waals surface area contributed by atoms with Gasteiger partial charge in [-0.1, -0.05) is 12.8 Å². The average Bonchev–Trinajstić information content (AvgIpc) is 2.61. The fourth-order valence-electron chi connectivity index (χ4n) is 2.66. The molecule has 4 heteroatoms. The molecule has 120 valence electrons. The molecule has 1 saturated heterocycles. The highest BCUT2D eigenvalue weighted by atomic mass is 16.5. The average molecular weight is 286 g/mol. The summed E-state index contributed by atoms with van der Waals surface area (Å²) in [6.45, 7) is 14.3. The molecule has 0 aliphatic carbocycles. The summed E-state index contributed by atoms with van der Waals surface area (Å²) in [5.41, 5.74) is 0.0830. The standard InChI is InChI=1S/C16H34N2O2/c1-14(17-16(3,4)5)19-12-13-20-15(2)18-10-8-6-7-9-11-18/h14-15,17H,6-13H2,1-5H3. The van der Waals surface area contributed by atoms with E-state index in [-0.39, 0.29) is 18.0 Å². The van der Waals surface area contributed by atoms with Crippen molar-refractivity contribution in [1.29, 1.82) is 0 Å². The van der Waals surface area contributed by atoms with Crippen LogP contribution >= 0.6 is 0 Å². The molecule has 1 heterocycles. The van der Waals surface area contributed by atoms with Gasteiger partial charge >= 0.3 is 0 Å². The number of hydrogen-bond donors (Lipinski definition) is 1. The van der Waals surface area contributed by atoms with Gasteiger partial charge in [0.05, 0.1) is 13.2 Å². The van der Waals surface area contributed by atoms with Crippen LogP contribution in [0.5, 0.6) is 0 Å². The number of nitrogens with one attached hydrogen (secondary N) is 1. The van der Waals surface area contributed by atoms with Crippen molar-refractivity contribution in [2.45, 2.75) is 78.3 Å². The van der Waals surface area contributed by atoms with Crippen molar-refractivity contribution in [1.82, 2.24) is 10.2 Å². The van der Waals surface area contributed by atoms with E-state index in [0.717, 1.165) is 0 Å². The van der Waals surface area contributed by atoms with E-state index in [2.05, 4.69) is 37.9 Å². The zero-order valence-corrected chi connectivity index (χ0v) is 14.1. The molecule has 0 radical (unpaired) electrons. The van der Waals surface area contributed by atoms with Crippen LogP contribution in [0.4, 0.5) is 0 Å². The van der Waals surface area contributed by atoms with Crippen molar-refractivity contribution >= 4 is 0 Å². The molecule has 2 atom stereocenters. The fraction of sp³-hybridized carbons (Fsp3) is 1.00. The zero-order chi connectivity index (χ0) is 15.0. The largest absolute Gasteiger partial charge is 0.361 e. The summed E-state index contributed by atoms with van der Waals surface area (Å²) >= 11 is 0. The van der Waals surface area contributed by atoms with Crippen LogP contribution in [0.15, 0.2) is 0 Å². The minimum Gasteiger partial charge on any atom is -0.361 e. The predicted octanol–water partition coefficient (Wildman–Crippen LogP) is 2.98. The lowest BCUT2D eigenvalue weighted by molar-refractivity contribution is -0.0790. The van der Waals surface area contributed by atoms with E-state index < -0.39 is 0 Å². The van der Waals surface area contributed by atoms with Gasteiger partial charge in [-0.15, -0.1) is 0 Å². The Hall–Kier alpha value is -0.160. The van der Waals surface area contributed by atoms with E-state index in [1.54, 1.807) is 0 Å². The van der Waals surface area contributed by atoms with E-state index in [4.69, 9.17) is 9.47 Å². The summed E-state index contributed by atoms with van der Waals surface area (Å²) in [6.07, 6.45) is 5.60. The maximum absolute atomic E-state index is 5.89. The first kappa shape index (κ1) is 17.9. The van der Waals surface area contributed by atoms with Gasteiger partial charge in [0.15, 0.2) is 0 Å². The molecule has 1 aliphatic heterocycles. The molecule has 0 aromatic rings. The molecule has 0 aromatic carbocycles. The highest BCUT2D eigenvalue weighted by Gasteiger charge is 2.16. The maximum atomic E-state index is 5.89. The first-order valence-electron chi connectivity index (χ1n) is 8.13. The zero-order valence-electron chi connectivity index (χ0n) is 14.1. The molecule has 1 rings (SSSR count). The van der Waals surface area contributed by atoms with Crippen molar-refractivity contribution in [3.05, 3.63) is 0 Å². The van der Waals surface area contributed by atoms with Crippen LogP contribution in [0.2, 0.25) is 0 Å². The van der Waals surface area contributed by atoms with Gasteiger partial charge in [0.1, 0.15) is 12.5 Å². The first-order valence-corrected chi connectivity index (χ1v) is 8.13. The molecule has 0 spiro atoms. The molecule has 4 nitrogen and oxygen atoms in total. The predicted molar refractivity (Wildman–Crippen MR) is 83.8 cm³/mol. The first-order chi connectivity index (χ1) is 9.38. The van der Waals surface area contributed by atoms with Gasteiger partial charge in [-0.25, -0.2) is 0 Å². The fourth-order valence-corrected chi connectivity index (χ4v) is 2.66. The molecule has 1 N–H and O–H groups in total. The molecule has 1 aliphatic rings. The van der Waals surface area contributed by atoms with Crippen LogP contribution in [0.1, 0.15) is 60.3 Å². The van der Waals surface area contributed by atoms with E-state index in [9.17, 15) is 0 Å². The molecular weight excluding hydrogens is 252 g/mol. The van der Waals surface area contributed by atoms with E-state index >= 15 is 0 Å². The van der Waals surface area contributed by atoms with Crippen LogP contribution in [-0.4, -0.2) is 49.2 Å². The molecule has 0 saturated carbocycles. The number of rotatable bonds is 7. The van der Waals surface area contributed by atoms with Gasteiger partial charge < -0.3 is 9.47 Å². The second-order valence-corrected chi connectivity index (χ2v) is 6.83. The van der Waals surface area contributed by atoms with E-state index in [1.807, 2.05) is 6.92 Å². The Morgan fingerprint density at radius 1 is 0.950 bits per heavy atom. The summed E-state index contributed by atoms with van der Waals surface area (Å²) in [7, 11) is 0. The highest BCUT2D eigenvalue weighted by Crippen LogP contribution is 2.13. The highest BCUT2D eigenvalue weighted by molar-refractivity contribution is 4.71. The normalized spacial score (nSPS) is 21.4. The van der Waals surface area contributed by atoms with Crippen LogP contribution < -0.4 is 5.32 Å². The quantitative estimate of drug-likeness (QED) is 0.576. The second-order valence-electron chi connectivity index (χ2n) is 6.83. The minimum absolute atomic E-state index is 0.0621. The van der Waals surface area contributed by atoms with Crippen molar-refractivity contribution in [3.8, 4) is 0 Å². The van der Waals surface area contributed by atoms with Crippen LogP contribution in [0, 0.1) is 0 Å². The number of nitrogens with zero attached hydrogens (tertiary/aromatic N) is 1. The van der Waals surface area contributed by atoms with Crippen LogP contribution in [-0.2, 0) is 9.47 Å². The SMILES string of the molecule is CC(NC(C)(C)C)OCCOC(C)N1CCCCCC1. The molecule has 0 amide bonds. The third kappa shape index (κ3) is 8.20. The van der Waals surface area contributed by atoms with Gasteiger partial charge in [0.25, 0.3) is 0 Å². The molecular formula is C16H34N2O2. The van der Waals surface area contributed by atoms with Gasteiger partial charge in [0.2, 0.25) is 0 Å². The summed E-state index contributed by atoms with van der Waals surface area (Å²) in [4.78, 5) is 2.45. The summed E-state index contributed by atoms with van der Waals surface area (Å²) in [5.74, 6) is 0. The Morgan fingerprint density at radius 2 is 1.50 bits per heavy atom. The Morgan fingerprint density at radius 3 is 2.05 bits per heavy atom. The Labute approximate surface area is 125 Å². The van der Waals surface area contributed by atoms with Gasteiger partial charge in [-0.05, 0) is 47.5 Å². The van der Waals surface area contributed by atoms with Gasteiger partial charge in [-0.3, -0.25) is 10.2 Å². The lowest BCUT2D eigenvalue weighted by atomic mass is 10.1. The van der Waals surface area contributed by atoms with Crippen molar-refractivity contribution < 1.29 is 9.47 Å². The van der Waals surface area contributed by atoms with Crippen molar-refractivity contribution in [2.24, 2.45) is 0 Å². The summed E-state index contributed by atoms with van der Waals surface area (Å²) in [6, 6.07) is 0. The molecule has 0 aromatic heterocycles. The molecule has 20 heavy (non-hydrogen) atoms. The van der Waals surface area contributed by atoms with Crippen molar-refractivity contribution in [2.75, 3.05) is 26.3 Å². The topological polar surface area (TPSA) is 33.7 Å². The monoisotopic (exact) mass is 286 g/mol. The summed E-state index contributed by atoms with van der Waals surface area (Å²) < 4.78 is 11.6. The lowest BCUT2D eigenvalue weighted by Crippen LogP contribution is -2.44. The smallest absolute Gasteiger partial charge is 0.107 e. The Bertz CT molecular complexity index is 245. The van der Waals surface area contributed by atoms with E-state index in [1.165, 1.54) is 38.8 Å². The lowest BCUT2D eigenvalue weighted by Gasteiger charge is -2.28. The third-order valence-corrected chi connectivity index (χ3v) is 3.60. The van der Waals surface area contributed by atoms with Gasteiger partial charge in [-0.2, -0.15) is 0 Å². The van der Waals surface area contributed by atoms with Crippen LogP contribution in [0.25, 0.3) is 0 Å². The Balaban J connectivity index is 2.10. The number of ether oxygens (including phenoxy) is 2.